The lowest BCUT2D eigenvalue weighted by Gasteiger charge is -2.24. The maximum absolute atomic E-state index is 12.7. The highest BCUT2D eigenvalue weighted by Crippen LogP contribution is 2.24. The third kappa shape index (κ3) is 6.38. The van der Waals surface area contributed by atoms with Gasteiger partial charge in [-0.3, -0.25) is 10.3 Å². The largest absolute Gasteiger partial charge is 0.458 e. The van der Waals surface area contributed by atoms with Gasteiger partial charge in [0.25, 0.3) is 0 Å². The van der Waals surface area contributed by atoms with Gasteiger partial charge in [-0.25, -0.2) is 14.6 Å². The summed E-state index contributed by atoms with van der Waals surface area (Å²) in [4.78, 5) is 33.7. The number of hydrogen-bond donors (Lipinski definition) is 2. The highest BCUT2D eigenvalue weighted by Gasteiger charge is 2.27. The minimum Gasteiger partial charge on any atom is -0.458 e. The molecule has 0 fully saturated rings. The molecule has 0 aliphatic carbocycles. The molecule has 0 unspecified atom stereocenters. The first kappa shape index (κ1) is 21.4. The van der Waals surface area contributed by atoms with E-state index in [4.69, 9.17) is 4.74 Å². The lowest BCUT2D eigenvalue weighted by Crippen LogP contribution is -2.47. The Morgan fingerprint density at radius 1 is 1.13 bits per heavy atom. The number of anilines is 1. The van der Waals surface area contributed by atoms with Gasteiger partial charge in [0.2, 0.25) is 0 Å². The molecular weight excluding hydrogens is 400 g/mol. The molecule has 0 saturated carbocycles. The van der Waals surface area contributed by atoms with Crippen molar-refractivity contribution in [2.45, 2.75) is 38.8 Å². The number of pyridine rings is 1. The summed E-state index contributed by atoms with van der Waals surface area (Å²) in [5.74, 6) is -0.489. The number of nitrogens with zero attached hydrogens (tertiary/aromatic N) is 2. The van der Waals surface area contributed by atoms with Gasteiger partial charge in [-0.1, -0.05) is 30.3 Å². The number of rotatable bonds is 6. The van der Waals surface area contributed by atoms with E-state index in [0.717, 1.165) is 16.8 Å². The monoisotopic (exact) mass is 424 g/mol. The maximum atomic E-state index is 12.7. The van der Waals surface area contributed by atoms with Crippen LogP contribution in [0.2, 0.25) is 0 Å². The highest BCUT2D eigenvalue weighted by molar-refractivity contribution is 7.14. The van der Waals surface area contributed by atoms with Gasteiger partial charge in [0.05, 0.1) is 5.69 Å². The fourth-order valence-corrected chi connectivity index (χ4v) is 3.40. The van der Waals surface area contributed by atoms with Crippen LogP contribution in [-0.2, 0) is 16.0 Å². The molecule has 30 heavy (non-hydrogen) atoms. The zero-order valence-electron chi connectivity index (χ0n) is 17.1. The molecule has 0 radical (unpaired) electrons. The number of carbonyl (C=O) groups excluding carboxylic acids is 2. The fraction of sp³-hybridized carbons (Fsp3) is 0.273. The van der Waals surface area contributed by atoms with Gasteiger partial charge >= 0.3 is 12.0 Å². The van der Waals surface area contributed by atoms with Crippen LogP contribution in [0.3, 0.4) is 0 Å². The predicted octanol–water partition coefficient (Wildman–Crippen LogP) is 4.28. The summed E-state index contributed by atoms with van der Waals surface area (Å²) in [6.45, 7) is 5.38. The van der Waals surface area contributed by atoms with Crippen LogP contribution in [0.4, 0.5) is 9.93 Å². The van der Waals surface area contributed by atoms with Crippen LogP contribution >= 0.6 is 11.3 Å². The summed E-state index contributed by atoms with van der Waals surface area (Å²) >= 11 is 1.30. The normalized spacial score (nSPS) is 12.1. The van der Waals surface area contributed by atoms with Crippen LogP contribution in [0, 0.1) is 0 Å². The summed E-state index contributed by atoms with van der Waals surface area (Å²) in [6.07, 6.45) is 3.71. The number of thiazole rings is 1. The third-order valence-electron chi connectivity index (χ3n) is 3.96. The Hall–Kier alpha value is -3.26. The average Bonchev–Trinajstić information content (AvgIpc) is 3.16. The van der Waals surface area contributed by atoms with Crippen LogP contribution in [0.15, 0.2) is 60.2 Å². The van der Waals surface area contributed by atoms with Crippen molar-refractivity contribution in [3.05, 3.63) is 65.8 Å². The molecule has 3 aromatic rings. The second kappa shape index (κ2) is 9.49. The van der Waals surface area contributed by atoms with Gasteiger partial charge in [0.1, 0.15) is 11.6 Å². The summed E-state index contributed by atoms with van der Waals surface area (Å²) in [5.41, 5.74) is 1.84. The van der Waals surface area contributed by atoms with Crippen molar-refractivity contribution in [3.63, 3.8) is 0 Å². The van der Waals surface area contributed by atoms with E-state index in [9.17, 15) is 9.59 Å². The maximum Gasteiger partial charge on any atom is 0.329 e. The van der Waals surface area contributed by atoms with Crippen molar-refractivity contribution in [1.82, 2.24) is 15.3 Å². The molecule has 1 atom stereocenters. The molecular formula is C22H24N4O3S. The molecule has 0 bridgehead atoms. The Morgan fingerprint density at radius 2 is 1.90 bits per heavy atom. The van der Waals surface area contributed by atoms with Gasteiger partial charge in [0, 0.05) is 29.8 Å². The van der Waals surface area contributed by atoms with Crippen LogP contribution in [-0.4, -0.2) is 33.6 Å². The predicted molar refractivity (Wildman–Crippen MR) is 117 cm³/mol. The van der Waals surface area contributed by atoms with E-state index in [2.05, 4.69) is 20.6 Å². The van der Waals surface area contributed by atoms with Gasteiger partial charge in [0.15, 0.2) is 5.13 Å². The fourth-order valence-electron chi connectivity index (χ4n) is 2.69. The first-order valence-corrected chi connectivity index (χ1v) is 10.4. The van der Waals surface area contributed by atoms with E-state index < -0.39 is 23.6 Å². The van der Waals surface area contributed by atoms with Crippen LogP contribution in [0.5, 0.6) is 0 Å². The number of aromatic nitrogens is 2. The first-order chi connectivity index (χ1) is 14.3. The summed E-state index contributed by atoms with van der Waals surface area (Å²) < 4.78 is 5.48. The zero-order valence-corrected chi connectivity index (χ0v) is 17.9. The molecule has 0 aliphatic heterocycles. The van der Waals surface area contributed by atoms with Gasteiger partial charge in [-0.15, -0.1) is 11.3 Å². The molecule has 156 valence electrons. The van der Waals surface area contributed by atoms with Crippen LogP contribution in [0.1, 0.15) is 26.3 Å². The lowest BCUT2D eigenvalue weighted by atomic mass is 10.1. The molecule has 1 aromatic carbocycles. The molecule has 3 rings (SSSR count). The minimum atomic E-state index is -0.829. The number of carbonyl (C=O) groups is 2. The van der Waals surface area contributed by atoms with Crippen molar-refractivity contribution in [2.24, 2.45) is 0 Å². The van der Waals surface area contributed by atoms with Gasteiger partial charge < -0.3 is 10.1 Å². The molecule has 2 N–H and O–H groups in total. The number of benzene rings is 1. The van der Waals surface area contributed by atoms with Crippen LogP contribution in [0.25, 0.3) is 11.3 Å². The number of nitrogens with one attached hydrogen (secondary N) is 2. The lowest BCUT2D eigenvalue weighted by molar-refractivity contribution is -0.157. The molecule has 2 aromatic heterocycles. The van der Waals surface area contributed by atoms with Crippen molar-refractivity contribution in [3.8, 4) is 11.3 Å². The van der Waals surface area contributed by atoms with E-state index in [1.807, 2.05) is 47.8 Å². The summed E-state index contributed by atoms with van der Waals surface area (Å²) in [7, 11) is 0. The van der Waals surface area contributed by atoms with Crippen molar-refractivity contribution in [2.75, 3.05) is 5.32 Å². The smallest absolute Gasteiger partial charge is 0.329 e. The Labute approximate surface area is 179 Å². The van der Waals surface area contributed by atoms with Gasteiger partial charge in [-0.2, -0.15) is 0 Å². The SMILES string of the molecule is CC(C)(C)OC(=O)[C@H](Cc1ccccc1)NC(=O)Nc1nc(-c2cccnc2)cs1. The van der Waals surface area contributed by atoms with Crippen molar-refractivity contribution < 1.29 is 14.3 Å². The molecule has 2 heterocycles. The second-order valence-corrected chi connectivity index (χ2v) is 8.51. The topological polar surface area (TPSA) is 93.2 Å². The van der Waals surface area contributed by atoms with E-state index in [1.165, 1.54) is 11.3 Å². The van der Waals surface area contributed by atoms with Crippen molar-refractivity contribution >= 4 is 28.5 Å². The quantitative estimate of drug-likeness (QED) is 0.576. The number of hydrogen-bond acceptors (Lipinski definition) is 6. The third-order valence-corrected chi connectivity index (χ3v) is 4.72. The Morgan fingerprint density at radius 3 is 2.57 bits per heavy atom. The van der Waals surface area contributed by atoms with Crippen LogP contribution < -0.4 is 10.6 Å². The first-order valence-electron chi connectivity index (χ1n) is 9.50. The Balaban J connectivity index is 1.68. The summed E-state index contributed by atoms with van der Waals surface area (Å²) in [5, 5.41) is 7.67. The molecule has 2 amide bonds. The number of ether oxygens (including phenoxy) is 1. The highest BCUT2D eigenvalue weighted by atomic mass is 32.1. The number of amides is 2. The van der Waals surface area contributed by atoms with E-state index in [-0.39, 0.29) is 0 Å². The molecule has 0 spiro atoms. The van der Waals surface area contributed by atoms with E-state index in [0.29, 0.717) is 11.6 Å². The number of esters is 1. The standard InChI is InChI=1S/C22H24N4O3S/c1-22(2,3)29-19(27)17(12-15-8-5-4-6-9-15)24-20(28)26-21-25-18(14-30-21)16-10-7-11-23-13-16/h4-11,13-14,17H,12H2,1-3H3,(H2,24,25,26,28)/t17-/m0/s1. The summed E-state index contributed by atoms with van der Waals surface area (Å²) in [6, 6.07) is 11.8. The van der Waals surface area contributed by atoms with E-state index >= 15 is 0 Å². The average molecular weight is 425 g/mol. The Kier molecular flexibility index (Phi) is 6.79. The van der Waals surface area contributed by atoms with Crippen molar-refractivity contribution in [1.29, 1.82) is 0 Å². The molecule has 7 nitrogen and oxygen atoms in total. The molecule has 0 aliphatic rings. The number of urea groups is 1. The Bertz CT molecular complexity index is 984. The molecule has 0 saturated heterocycles. The molecule has 8 heteroatoms. The second-order valence-electron chi connectivity index (χ2n) is 7.65. The minimum absolute atomic E-state index is 0.321. The van der Waals surface area contributed by atoms with Gasteiger partial charge in [-0.05, 0) is 38.5 Å². The van der Waals surface area contributed by atoms with E-state index in [1.54, 1.807) is 33.2 Å². The zero-order chi connectivity index (χ0) is 21.6.